The Balaban J connectivity index is 0.000000427. The van der Waals surface area contributed by atoms with Crippen molar-refractivity contribution in [3.8, 4) is 34.4 Å². The number of pyridine rings is 1. The Morgan fingerprint density at radius 3 is 2.50 bits per heavy atom. The second kappa shape index (κ2) is 9.45. The molecule has 0 aliphatic carbocycles. The van der Waals surface area contributed by atoms with Crippen molar-refractivity contribution in [2.45, 2.75) is 12.6 Å². The summed E-state index contributed by atoms with van der Waals surface area (Å²) in [5, 5.41) is 2.85. The number of aromatic amines is 1. The van der Waals surface area contributed by atoms with Gasteiger partial charge in [-0.15, -0.1) is 0 Å². The maximum absolute atomic E-state index is 12.0. The number of methoxy groups -OCH3 is 2. The first kappa shape index (κ1) is 22.7. The lowest BCUT2D eigenvalue weighted by molar-refractivity contribution is -0.156. The molecule has 12 heteroatoms. The van der Waals surface area contributed by atoms with Crippen LogP contribution in [0, 0.1) is 0 Å². The zero-order chi connectivity index (χ0) is 23.3. The summed E-state index contributed by atoms with van der Waals surface area (Å²) >= 11 is 0. The molecule has 2 N–H and O–H groups in total. The molecule has 0 saturated carbocycles. The molecule has 0 aromatic carbocycles. The number of ether oxygens (including phenoxy) is 2. The number of nitrogens with zero attached hydrogens (tertiary/aromatic N) is 3. The Morgan fingerprint density at radius 1 is 1.12 bits per heavy atom. The molecule has 0 spiro atoms. The quantitative estimate of drug-likeness (QED) is 0.588. The number of alkyl halides is 3. The van der Waals surface area contributed by atoms with Crippen molar-refractivity contribution in [2.75, 3.05) is 20.8 Å². The van der Waals surface area contributed by atoms with Crippen LogP contribution in [0.15, 0.2) is 30.6 Å². The van der Waals surface area contributed by atoms with Gasteiger partial charge in [-0.2, -0.15) is 18.2 Å². The van der Waals surface area contributed by atoms with Crippen LogP contribution in [0.3, 0.4) is 0 Å². The molecule has 0 unspecified atom stereocenters. The lowest BCUT2D eigenvalue weighted by atomic mass is 10.1. The predicted molar refractivity (Wildman–Crippen MR) is 106 cm³/mol. The summed E-state index contributed by atoms with van der Waals surface area (Å²) in [7, 11) is 3.03. The van der Waals surface area contributed by atoms with Crippen LogP contribution in [0.1, 0.15) is 16.1 Å². The number of carbonyl (C=O) groups is 2. The van der Waals surface area contributed by atoms with Gasteiger partial charge in [-0.25, -0.2) is 4.98 Å². The molecule has 9 nitrogen and oxygen atoms in total. The van der Waals surface area contributed by atoms with Gasteiger partial charge in [0.05, 0.1) is 31.0 Å². The van der Waals surface area contributed by atoms with Crippen LogP contribution in [0.4, 0.5) is 13.2 Å². The highest BCUT2D eigenvalue weighted by Gasteiger charge is 2.25. The largest absolute Gasteiger partial charge is 0.480 e. The molecule has 0 saturated heterocycles. The number of aldehydes is 1. The molecule has 0 atom stereocenters. The average molecular weight is 449 g/mol. The molecule has 1 aliphatic heterocycles. The Kier molecular flexibility index (Phi) is 6.71. The lowest BCUT2D eigenvalue weighted by Gasteiger charge is -2.11. The third-order valence-corrected chi connectivity index (χ3v) is 4.39. The molecule has 0 radical (unpaired) electrons. The number of fused-ring (bicyclic) bond motifs is 1. The number of nitrogens with one attached hydrogen (secondary N) is 2. The van der Waals surface area contributed by atoms with Crippen molar-refractivity contribution < 1.29 is 32.2 Å². The van der Waals surface area contributed by atoms with Gasteiger partial charge in [-0.3, -0.25) is 14.6 Å². The van der Waals surface area contributed by atoms with Crippen molar-refractivity contribution in [1.29, 1.82) is 0 Å². The highest BCUT2D eigenvalue weighted by atomic mass is 19.4. The van der Waals surface area contributed by atoms with Crippen molar-refractivity contribution >= 4 is 12.2 Å². The van der Waals surface area contributed by atoms with E-state index >= 15 is 0 Å². The summed E-state index contributed by atoms with van der Waals surface area (Å²) in [6.45, 7) is 0.647. The smallest absolute Gasteiger partial charge is 0.446 e. The Labute approximate surface area is 180 Å². The van der Waals surface area contributed by atoms with Crippen molar-refractivity contribution in [3.63, 3.8) is 0 Å². The van der Waals surface area contributed by atoms with Crippen LogP contribution in [0.5, 0.6) is 11.9 Å². The van der Waals surface area contributed by atoms with Crippen LogP contribution in [-0.2, 0) is 11.2 Å². The summed E-state index contributed by atoms with van der Waals surface area (Å²) in [5.74, 6) is 0.333. The van der Waals surface area contributed by atoms with E-state index in [9.17, 15) is 18.0 Å². The Bertz CT molecular complexity index is 1130. The van der Waals surface area contributed by atoms with Gasteiger partial charge < -0.3 is 19.8 Å². The lowest BCUT2D eigenvalue weighted by Crippen LogP contribution is -2.31. The highest BCUT2D eigenvalue weighted by Crippen LogP contribution is 2.31. The van der Waals surface area contributed by atoms with Gasteiger partial charge in [-0.1, -0.05) is 0 Å². The van der Waals surface area contributed by atoms with Gasteiger partial charge >= 0.3 is 12.2 Å². The van der Waals surface area contributed by atoms with Crippen molar-refractivity contribution in [2.24, 2.45) is 0 Å². The molecule has 0 fully saturated rings. The Hall–Kier alpha value is -3.96. The third-order valence-electron chi connectivity index (χ3n) is 4.39. The van der Waals surface area contributed by atoms with Crippen LogP contribution in [0.2, 0.25) is 0 Å². The monoisotopic (exact) mass is 449 g/mol. The zero-order valence-electron chi connectivity index (χ0n) is 17.0. The minimum atomic E-state index is -4.64. The van der Waals surface area contributed by atoms with E-state index in [0.717, 1.165) is 23.4 Å². The molecule has 1 amide bonds. The molecule has 168 valence electrons. The van der Waals surface area contributed by atoms with Gasteiger partial charge in [0.15, 0.2) is 0 Å². The maximum Gasteiger partial charge on any atom is 0.446 e. The fourth-order valence-corrected chi connectivity index (χ4v) is 2.97. The first-order chi connectivity index (χ1) is 15.3. The van der Waals surface area contributed by atoms with E-state index in [1.54, 1.807) is 12.4 Å². The standard InChI is InChI=1S/C18H17N5O3.C2HF3O/c1-25-17-12(9-21-18(23-17)26-2)15-7-10(3-5-19-15)14-8-11-13(22-14)4-6-20-16(11)24;3-2(4,5)1-6/h3,5,7-9,22H,4,6H2,1-2H3,(H,20,24);1H. The summed E-state index contributed by atoms with van der Waals surface area (Å²) in [4.78, 5) is 36.7. The first-order valence-electron chi connectivity index (χ1n) is 9.20. The molecule has 32 heavy (non-hydrogen) atoms. The molecule has 4 rings (SSSR count). The van der Waals surface area contributed by atoms with Gasteiger partial charge in [-0.05, 0) is 18.2 Å². The summed E-state index contributed by atoms with van der Waals surface area (Å²) in [5.41, 5.74) is 4.74. The fraction of sp³-hybridized carbons (Fsp3) is 0.250. The molecule has 1 aliphatic rings. The van der Waals surface area contributed by atoms with E-state index < -0.39 is 12.5 Å². The van der Waals surface area contributed by atoms with Crippen LogP contribution in [0.25, 0.3) is 22.5 Å². The molecule has 4 heterocycles. The maximum atomic E-state index is 12.0. The molecule has 3 aromatic heterocycles. The van der Waals surface area contributed by atoms with E-state index in [4.69, 9.17) is 14.3 Å². The van der Waals surface area contributed by atoms with Gasteiger partial charge in [0, 0.05) is 42.3 Å². The normalized spacial score (nSPS) is 12.7. The number of hydrogen-bond acceptors (Lipinski definition) is 7. The average Bonchev–Trinajstić information content (AvgIpc) is 3.24. The number of H-pyrrole nitrogens is 1. The van der Waals surface area contributed by atoms with Gasteiger partial charge in [0.1, 0.15) is 0 Å². The van der Waals surface area contributed by atoms with E-state index in [0.29, 0.717) is 29.2 Å². The number of rotatable bonds is 4. The molecular weight excluding hydrogens is 431 g/mol. The van der Waals surface area contributed by atoms with Crippen molar-refractivity contribution in [1.82, 2.24) is 25.3 Å². The SMILES string of the molecule is COc1ncc(-c2cc(-c3cc4c([nH]3)CCNC4=O)ccn2)c(OC)n1.O=CC(F)(F)F. The van der Waals surface area contributed by atoms with Crippen LogP contribution in [-0.4, -0.2) is 59.1 Å². The minimum Gasteiger partial charge on any atom is -0.480 e. The van der Waals surface area contributed by atoms with Crippen LogP contribution < -0.4 is 14.8 Å². The highest BCUT2D eigenvalue weighted by molar-refractivity contribution is 5.97. The van der Waals surface area contributed by atoms with Gasteiger partial charge in [0.25, 0.3) is 5.91 Å². The topological polar surface area (TPSA) is 119 Å². The van der Waals surface area contributed by atoms with Crippen molar-refractivity contribution in [3.05, 3.63) is 41.9 Å². The predicted octanol–water partition coefficient (Wildman–Crippen LogP) is 2.58. The van der Waals surface area contributed by atoms with E-state index in [-0.39, 0.29) is 11.9 Å². The fourth-order valence-electron chi connectivity index (χ4n) is 2.97. The summed E-state index contributed by atoms with van der Waals surface area (Å²) in [6, 6.07) is 5.88. The number of hydrogen-bond donors (Lipinski definition) is 2. The molecular formula is C20H18F3N5O4. The number of aromatic nitrogens is 4. The zero-order valence-corrected chi connectivity index (χ0v) is 17.0. The molecule has 3 aromatic rings. The summed E-state index contributed by atoms with van der Waals surface area (Å²) in [6.07, 6.45) is -1.59. The number of amides is 1. The van der Waals surface area contributed by atoms with E-state index in [1.165, 1.54) is 14.2 Å². The Morgan fingerprint density at radius 2 is 1.88 bits per heavy atom. The molecule has 0 bridgehead atoms. The van der Waals surface area contributed by atoms with Crippen LogP contribution >= 0.6 is 0 Å². The van der Waals surface area contributed by atoms with E-state index in [1.807, 2.05) is 18.2 Å². The first-order valence-corrected chi connectivity index (χ1v) is 9.20. The summed E-state index contributed by atoms with van der Waals surface area (Å²) < 4.78 is 41.6. The number of halogens is 3. The van der Waals surface area contributed by atoms with Gasteiger partial charge in [0.2, 0.25) is 12.2 Å². The third kappa shape index (κ3) is 5.20. The second-order valence-electron chi connectivity index (χ2n) is 6.45. The second-order valence-corrected chi connectivity index (χ2v) is 6.45. The minimum absolute atomic E-state index is 0.0479. The van der Waals surface area contributed by atoms with E-state index in [2.05, 4.69) is 25.3 Å². The number of carbonyl (C=O) groups excluding carboxylic acids is 2.